The minimum Gasteiger partial charge on any atom is -0.345 e. The summed E-state index contributed by atoms with van der Waals surface area (Å²) in [7, 11) is 3.88. The SMILES string of the molecule is CNCC(C(=O)N(C)CCC1CCCC1)C(C)C. The van der Waals surface area contributed by atoms with Crippen molar-refractivity contribution in [2.45, 2.75) is 46.0 Å². The number of nitrogens with one attached hydrogen (secondary N) is 1. The molecule has 3 nitrogen and oxygen atoms in total. The lowest BCUT2D eigenvalue weighted by Crippen LogP contribution is -2.40. The van der Waals surface area contributed by atoms with Crippen LogP contribution in [0.15, 0.2) is 0 Å². The van der Waals surface area contributed by atoms with Crippen molar-refractivity contribution in [1.29, 1.82) is 0 Å². The van der Waals surface area contributed by atoms with Gasteiger partial charge in [-0.15, -0.1) is 0 Å². The minimum atomic E-state index is 0.114. The van der Waals surface area contributed by atoms with Crippen molar-refractivity contribution in [2.75, 3.05) is 27.2 Å². The van der Waals surface area contributed by atoms with Crippen molar-refractivity contribution < 1.29 is 4.79 Å². The minimum absolute atomic E-state index is 0.114. The van der Waals surface area contributed by atoms with Gasteiger partial charge in [0.15, 0.2) is 0 Å². The van der Waals surface area contributed by atoms with E-state index in [9.17, 15) is 4.79 Å². The summed E-state index contributed by atoms with van der Waals surface area (Å²) < 4.78 is 0. The Morgan fingerprint density at radius 3 is 2.44 bits per heavy atom. The number of nitrogens with zero attached hydrogens (tertiary/aromatic N) is 1. The monoisotopic (exact) mass is 254 g/mol. The summed E-state index contributed by atoms with van der Waals surface area (Å²) >= 11 is 0. The van der Waals surface area contributed by atoms with E-state index in [-0.39, 0.29) is 5.92 Å². The Hall–Kier alpha value is -0.570. The molecule has 1 aliphatic rings. The largest absolute Gasteiger partial charge is 0.345 e. The maximum atomic E-state index is 12.4. The second kappa shape index (κ2) is 7.78. The molecule has 0 aromatic rings. The van der Waals surface area contributed by atoms with Gasteiger partial charge in [-0.2, -0.15) is 0 Å². The first-order valence-corrected chi connectivity index (χ1v) is 7.45. The van der Waals surface area contributed by atoms with Crippen LogP contribution in [0.4, 0.5) is 0 Å². The number of carbonyl (C=O) groups excluding carboxylic acids is 1. The van der Waals surface area contributed by atoms with Crippen LogP contribution < -0.4 is 5.32 Å². The van der Waals surface area contributed by atoms with E-state index in [4.69, 9.17) is 0 Å². The fraction of sp³-hybridized carbons (Fsp3) is 0.933. The molecule has 1 amide bonds. The molecule has 0 aromatic carbocycles. The van der Waals surface area contributed by atoms with E-state index < -0.39 is 0 Å². The maximum absolute atomic E-state index is 12.4. The van der Waals surface area contributed by atoms with Gasteiger partial charge in [0.1, 0.15) is 0 Å². The molecule has 106 valence electrons. The van der Waals surface area contributed by atoms with Crippen molar-refractivity contribution in [1.82, 2.24) is 10.2 Å². The summed E-state index contributed by atoms with van der Waals surface area (Å²) in [6.07, 6.45) is 6.69. The van der Waals surface area contributed by atoms with E-state index in [1.165, 1.54) is 32.1 Å². The van der Waals surface area contributed by atoms with Gasteiger partial charge in [-0.05, 0) is 25.3 Å². The zero-order valence-electron chi connectivity index (χ0n) is 12.5. The van der Waals surface area contributed by atoms with Crippen LogP contribution >= 0.6 is 0 Å². The highest BCUT2D eigenvalue weighted by molar-refractivity contribution is 5.79. The standard InChI is InChI=1S/C15H30N2O/c1-12(2)14(11-16-3)15(18)17(4)10-9-13-7-5-6-8-13/h12-14,16H,5-11H2,1-4H3. The fourth-order valence-electron chi connectivity index (χ4n) is 2.90. The molecule has 0 heterocycles. The molecule has 0 aliphatic heterocycles. The summed E-state index contributed by atoms with van der Waals surface area (Å²) in [5.41, 5.74) is 0. The van der Waals surface area contributed by atoms with E-state index in [0.29, 0.717) is 11.8 Å². The van der Waals surface area contributed by atoms with Crippen LogP contribution in [0.3, 0.4) is 0 Å². The lowest BCUT2D eigenvalue weighted by atomic mass is 9.94. The summed E-state index contributed by atoms with van der Waals surface area (Å²) in [6, 6.07) is 0. The molecule has 1 N–H and O–H groups in total. The van der Waals surface area contributed by atoms with Gasteiger partial charge in [0.25, 0.3) is 0 Å². The molecule has 0 aromatic heterocycles. The Kier molecular flexibility index (Phi) is 6.69. The van der Waals surface area contributed by atoms with Crippen molar-refractivity contribution in [3.05, 3.63) is 0 Å². The van der Waals surface area contributed by atoms with Crippen LogP contribution in [0.2, 0.25) is 0 Å². The second-order valence-corrected chi connectivity index (χ2v) is 6.11. The quantitative estimate of drug-likeness (QED) is 0.757. The molecular weight excluding hydrogens is 224 g/mol. The Balaban J connectivity index is 2.37. The molecule has 1 saturated carbocycles. The first-order valence-electron chi connectivity index (χ1n) is 7.45. The zero-order chi connectivity index (χ0) is 13.5. The highest BCUT2D eigenvalue weighted by Crippen LogP contribution is 2.27. The zero-order valence-corrected chi connectivity index (χ0v) is 12.5. The first kappa shape index (κ1) is 15.5. The van der Waals surface area contributed by atoms with Gasteiger partial charge in [-0.3, -0.25) is 4.79 Å². The number of hydrogen-bond donors (Lipinski definition) is 1. The van der Waals surface area contributed by atoms with E-state index in [1.54, 1.807) is 0 Å². The van der Waals surface area contributed by atoms with E-state index >= 15 is 0 Å². The third kappa shape index (κ3) is 4.60. The maximum Gasteiger partial charge on any atom is 0.226 e. The van der Waals surface area contributed by atoms with Crippen molar-refractivity contribution in [3.63, 3.8) is 0 Å². The average Bonchev–Trinajstić information content (AvgIpc) is 2.84. The highest BCUT2D eigenvalue weighted by atomic mass is 16.2. The normalized spacial score (nSPS) is 18.3. The van der Waals surface area contributed by atoms with Crippen LogP contribution in [0, 0.1) is 17.8 Å². The smallest absolute Gasteiger partial charge is 0.226 e. The molecule has 0 radical (unpaired) electrons. The molecule has 0 saturated heterocycles. The fourth-order valence-corrected chi connectivity index (χ4v) is 2.90. The first-order chi connectivity index (χ1) is 8.56. The van der Waals surface area contributed by atoms with Crippen LogP contribution in [0.5, 0.6) is 0 Å². The molecule has 0 bridgehead atoms. The number of amides is 1. The summed E-state index contributed by atoms with van der Waals surface area (Å²) in [6.45, 7) is 5.97. The van der Waals surface area contributed by atoms with Gasteiger partial charge in [0.2, 0.25) is 5.91 Å². The van der Waals surface area contributed by atoms with Gasteiger partial charge in [-0.1, -0.05) is 39.5 Å². The second-order valence-electron chi connectivity index (χ2n) is 6.11. The topological polar surface area (TPSA) is 32.3 Å². The number of rotatable bonds is 7. The highest BCUT2D eigenvalue weighted by Gasteiger charge is 2.25. The Morgan fingerprint density at radius 2 is 1.94 bits per heavy atom. The van der Waals surface area contributed by atoms with Crippen molar-refractivity contribution >= 4 is 5.91 Å². The third-order valence-electron chi connectivity index (χ3n) is 4.27. The summed E-state index contributed by atoms with van der Waals surface area (Å²) in [4.78, 5) is 14.3. The van der Waals surface area contributed by atoms with Gasteiger partial charge < -0.3 is 10.2 Å². The van der Waals surface area contributed by atoms with Crippen LogP contribution in [0.1, 0.15) is 46.0 Å². The Labute approximate surface area is 112 Å². The molecule has 1 fully saturated rings. The molecule has 1 aliphatic carbocycles. The molecule has 1 atom stereocenters. The molecule has 0 spiro atoms. The van der Waals surface area contributed by atoms with Gasteiger partial charge in [-0.25, -0.2) is 0 Å². The molecule has 1 rings (SSSR count). The van der Waals surface area contributed by atoms with Crippen LogP contribution in [-0.2, 0) is 4.79 Å². The molecular formula is C15H30N2O. The van der Waals surface area contributed by atoms with E-state index in [1.807, 2.05) is 19.0 Å². The number of hydrogen-bond acceptors (Lipinski definition) is 2. The molecule has 3 heteroatoms. The summed E-state index contributed by atoms with van der Waals surface area (Å²) in [5.74, 6) is 1.68. The third-order valence-corrected chi connectivity index (χ3v) is 4.27. The molecule has 1 unspecified atom stereocenters. The van der Waals surface area contributed by atoms with Crippen LogP contribution in [-0.4, -0.2) is 38.0 Å². The number of carbonyl (C=O) groups is 1. The molecule has 18 heavy (non-hydrogen) atoms. The van der Waals surface area contributed by atoms with Gasteiger partial charge in [0.05, 0.1) is 5.92 Å². The Bertz CT molecular complexity index is 247. The predicted molar refractivity (Wildman–Crippen MR) is 76.5 cm³/mol. The van der Waals surface area contributed by atoms with E-state index in [0.717, 1.165) is 19.0 Å². The Morgan fingerprint density at radius 1 is 1.33 bits per heavy atom. The van der Waals surface area contributed by atoms with E-state index in [2.05, 4.69) is 19.2 Å². The lowest BCUT2D eigenvalue weighted by Gasteiger charge is -2.27. The summed E-state index contributed by atoms with van der Waals surface area (Å²) in [5, 5.41) is 3.13. The predicted octanol–water partition coefficient (Wildman–Crippen LogP) is 2.52. The lowest BCUT2D eigenvalue weighted by molar-refractivity contribution is -0.135. The van der Waals surface area contributed by atoms with Crippen molar-refractivity contribution in [3.8, 4) is 0 Å². The van der Waals surface area contributed by atoms with Crippen LogP contribution in [0.25, 0.3) is 0 Å². The van der Waals surface area contributed by atoms with Gasteiger partial charge in [0, 0.05) is 20.1 Å². The van der Waals surface area contributed by atoms with Gasteiger partial charge >= 0.3 is 0 Å². The average molecular weight is 254 g/mol. The van der Waals surface area contributed by atoms with Crippen molar-refractivity contribution in [2.24, 2.45) is 17.8 Å².